The predicted molar refractivity (Wildman–Crippen MR) is 159 cm³/mol. The monoisotopic (exact) mass is 590 g/mol. The molecule has 2 fully saturated rings. The normalized spacial score (nSPS) is 22.7. The van der Waals surface area contributed by atoms with Gasteiger partial charge in [-0.15, -0.1) is 0 Å². The highest BCUT2D eigenvalue weighted by atomic mass is 16.6. The van der Waals surface area contributed by atoms with Crippen molar-refractivity contribution in [2.24, 2.45) is 0 Å². The summed E-state index contributed by atoms with van der Waals surface area (Å²) in [4.78, 5) is 43.4. The van der Waals surface area contributed by atoms with E-state index >= 15 is 0 Å². The molecule has 12 heteroatoms. The maximum Gasteiger partial charge on any atom is 0.335 e. The van der Waals surface area contributed by atoms with Gasteiger partial charge in [-0.1, -0.05) is 0 Å². The van der Waals surface area contributed by atoms with E-state index in [1.54, 1.807) is 48.6 Å². The predicted octanol–water partition coefficient (Wildman–Crippen LogP) is 3.77. The number of anilines is 2. The molecule has 1 aromatic carbocycles. The Labute approximate surface area is 249 Å². The molecule has 228 valence electrons. The van der Waals surface area contributed by atoms with E-state index in [0.717, 1.165) is 5.56 Å². The quantitative estimate of drug-likeness (QED) is 0.409. The van der Waals surface area contributed by atoms with Gasteiger partial charge in [0.1, 0.15) is 11.0 Å². The van der Waals surface area contributed by atoms with Crippen molar-refractivity contribution in [3.63, 3.8) is 0 Å². The van der Waals surface area contributed by atoms with Crippen molar-refractivity contribution in [3.8, 4) is 6.07 Å². The van der Waals surface area contributed by atoms with Gasteiger partial charge in [0.2, 0.25) is 0 Å². The number of esters is 1. The maximum atomic E-state index is 13.2. The number of aromatic amines is 1. The minimum atomic E-state index is -0.902. The van der Waals surface area contributed by atoms with Crippen LogP contribution in [0.5, 0.6) is 0 Å². The molecule has 0 aliphatic carbocycles. The van der Waals surface area contributed by atoms with Gasteiger partial charge in [0.15, 0.2) is 11.9 Å². The average molecular weight is 591 g/mol. The number of nitrogens with one attached hydrogen (secondary N) is 2. The third kappa shape index (κ3) is 6.28. The zero-order valence-electron chi connectivity index (χ0n) is 25.2. The van der Waals surface area contributed by atoms with Crippen LogP contribution in [0.15, 0.2) is 35.3 Å². The molecule has 0 bridgehead atoms. The van der Waals surface area contributed by atoms with Gasteiger partial charge in [0.05, 0.1) is 42.9 Å². The fourth-order valence-corrected chi connectivity index (χ4v) is 5.71. The van der Waals surface area contributed by atoms with Gasteiger partial charge >= 0.3 is 5.97 Å². The van der Waals surface area contributed by atoms with Gasteiger partial charge in [0.25, 0.3) is 11.5 Å². The Morgan fingerprint density at radius 1 is 1.28 bits per heavy atom. The average Bonchev–Trinajstić information content (AvgIpc) is 3.32. The van der Waals surface area contributed by atoms with Gasteiger partial charge in [-0.2, -0.15) is 10.4 Å². The number of carbonyl (C=O) groups is 2. The fourth-order valence-electron chi connectivity index (χ4n) is 5.71. The van der Waals surface area contributed by atoms with Gasteiger partial charge in [-0.25, -0.2) is 4.79 Å². The smallest absolute Gasteiger partial charge is 0.335 e. The number of pyridine rings is 1. The maximum absolute atomic E-state index is 13.2. The van der Waals surface area contributed by atoms with Crippen molar-refractivity contribution in [1.82, 2.24) is 19.7 Å². The summed E-state index contributed by atoms with van der Waals surface area (Å²) in [5.74, 6) is -0.183. The van der Waals surface area contributed by atoms with Crippen LogP contribution in [0.25, 0.3) is 10.9 Å². The van der Waals surface area contributed by atoms with Gasteiger partial charge in [-0.05, 0) is 77.3 Å². The Bertz CT molecular complexity index is 1620. The fraction of sp³-hybridized carbons (Fsp3) is 0.516. The van der Waals surface area contributed by atoms with E-state index in [4.69, 9.17) is 19.3 Å². The first-order chi connectivity index (χ1) is 20.4. The molecule has 1 amide bonds. The number of carbonyl (C=O) groups excluding carboxylic acids is 2. The highest BCUT2D eigenvalue weighted by molar-refractivity contribution is 5.97. The molecule has 0 spiro atoms. The first-order valence-electron chi connectivity index (χ1n) is 14.5. The van der Waals surface area contributed by atoms with E-state index in [1.807, 2.05) is 19.9 Å². The van der Waals surface area contributed by atoms with E-state index in [0.29, 0.717) is 60.5 Å². The lowest BCUT2D eigenvalue weighted by Gasteiger charge is -2.39. The number of nitrogens with zero attached hydrogens (tertiary/aromatic N) is 4. The molecular formula is C31H38N6O6. The zero-order chi connectivity index (χ0) is 30.9. The van der Waals surface area contributed by atoms with E-state index in [9.17, 15) is 19.6 Å². The number of H-pyrrole nitrogens is 1. The Hall–Kier alpha value is -4.21. The van der Waals surface area contributed by atoms with E-state index in [1.165, 1.54) is 6.20 Å². The van der Waals surface area contributed by atoms with Crippen LogP contribution in [0.1, 0.15) is 62.9 Å². The molecule has 2 saturated heterocycles. The molecule has 43 heavy (non-hydrogen) atoms. The summed E-state index contributed by atoms with van der Waals surface area (Å²) in [6.07, 6.45) is 1.59. The van der Waals surface area contributed by atoms with Crippen LogP contribution >= 0.6 is 0 Å². The number of nitriles is 1. The first kappa shape index (κ1) is 30.3. The third-order valence-corrected chi connectivity index (χ3v) is 7.80. The number of morpholine rings is 1. The van der Waals surface area contributed by atoms with Crippen molar-refractivity contribution in [2.45, 2.75) is 77.2 Å². The minimum Gasteiger partial charge on any atom is -0.458 e. The topological polar surface area (TPSA) is 152 Å². The molecule has 4 heterocycles. The van der Waals surface area contributed by atoms with E-state index in [-0.39, 0.29) is 30.6 Å². The number of aryl methyl sites for hydroxylation is 1. The molecule has 2 aromatic heterocycles. The molecule has 2 aliphatic rings. The highest BCUT2D eigenvalue weighted by Crippen LogP contribution is 2.37. The zero-order valence-corrected chi connectivity index (χ0v) is 25.2. The summed E-state index contributed by atoms with van der Waals surface area (Å²) >= 11 is 0. The van der Waals surface area contributed by atoms with Crippen molar-refractivity contribution in [2.75, 3.05) is 31.6 Å². The number of hydrogen-bond acceptors (Lipinski definition) is 9. The summed E-state index contributed by atoms with van der Waals surface area (Å²) in [6.45, 7) is 10.9. The molecule has 3 unspecified atom stereocenters. The lowest BCUT2D eigenvalue weighted by atomic mass is 9.87. The van der Waals surface area contributed by atoms with Gasteiger partial charge in [-0.3, -0.25) is 14.3 Å². The number of hydrogen-bond donors (Lipinski definition) is 2. The lowest BCUT2D eigenvalue weighted by Crippen LogP contribution is -2.47. The molecule has 3 aromatic rings. The molecule has 5 rings (SSSR count). The molecule has 2 aliphatic heterocycles. The number of rotatable bonds is 6. The summed E-state index contributed by atoms with van der Waals surface area (Å²) < 4.78 is 18.7. The number of ether oxygens (including phenoxy) is 3. The second-order valence-electron chi connectivity index (χ2n) is 12.3. The van der Waals surface area contributed by atoms with Crippen LogP contribution in [-0.4, -0.2) is 75.7 Å². The first-order valence-corrected chi connectivity index (χ1v) is 14.5. The van der Waals surface area contributed by atoms with Crippen LogP contribution in [0, 0.1) is 18.3 Å². The van der Waals surface area contributed by atoms with E-state index < -0.39 is 23.2 Å². The van der Waals surface area contributed by atoms with Crippen molar-refractivity contribution >= 4 is 34.3 Å². The summed E-state index contributed by atoms with van der Waals surface area (Å²) in [7, 11) is 0. The molecule has 3 atom stereocenters. The molecule has 2 N–H and O–H groups in total. The number of fused-ring (bicyclic) bond motifs is 1. The third-order valence-electron chi connectivity index (χ3n) is 7.80. The van der Waals surface area contributed by atoms with Crippen molar-refractivity contribution in [3.05, 3.63) is 51.9 Å². The number of aromatic nitrogens is 3. The van der Waals surface area contributed by atoms with Crippen LogP contribution in [0.4, 0.5) is 11.5 Å². The SMILES string of the molecule is Cc1cc(Nc2nn(C3(CC#N)CCC(C(=O)OC(C)(C)C)OC3)c3cc[nH]c(=O)c23)ccc1C(=O)N1CCOC(C)C1. The van der Waals surface area contributed by atoms with Crippen molar-refractivity contribution < 1.29 is 23.8 Å². The van der Waals surface area contributed by atoms with E-state index in [2.05, 4.69) is 16.4 Å². The second-order valence-corrected chi connectivity index (χ2v) is 12.3. The highest BCUT2D eigenvalue weighted by Gasteiger charge is 2.43. The van der Waals surface area contributed by atoms with Crippen LogP contribution in [-0.2, 0) is 24.5 Å². The molecule has 0 saturated carbocycles. The number of amides is 1. The minimum absolute atomic E-state index is 0.0116. The summed E-state index contributed by atoms with van der Waals surface area (Å²) in [5.41, 5.74) is 0.671. The van der Waals surface area contributed by atoms with Gasteiger partial charge < -0.3 is 29.4 Å². The lowest BCUT2D eigenvalue weighted by molar-refractivity contribution is -0.176. The Morgan fingerprint density at radius 2 is 2.07 bits per heavy atom. The van der Waals surface area contributed by atoms with Crippen LogP contribution < -0.4 is 10.9 Å². The Morgan fingerprint density at radius 3 is 2.72 bits per heavy atom. The summed E-state index contributed by atoms with van der Waals surface area (Å²) in [5, 5.41) is 18.2. The van der Waals surface area contributed by atoms with Gasteiger partial charge in [0, 0.05) is 30.5 Å². The Kier molecular flexibility index (Phi) is 8.31. The standard InChI is InChI=1S/C31H38N6O6/c1-19-16-21(6-7-22(19)28(39)36-14-15-41-20(2)17-36)34-26-25-23(9-13-33-27(25)38)37(35-26)31(11-12-32)10-8-24(42-18-31)29(40)43-30(3,4)5/h6-7,9,13,16,20,24H,8,10-11,14-15,17-18H2,1-5H3,(H,33,38)(H,34,35). The summed E-state index contributed by atoms with van der Waals surface area (Å²) in [6, 6.07) is 9.39. The molecular weight excluding hydrogens is 552 g/mol. The second kappa shape index (κ2) is 11.8. The number of benzene rings is 1. The van der Waals surface area contributed by atoms with Crippen LogP contribution in [0.2, 0.25) is 0 Å². The molecule has 0 radical (unpaired) electrons. The largest absolute Gasteiger partial charge is 0.458 e. The Balaban J connectivity index is 1.43. The van der Waals surface area contributed by atoms with Crippen LogP contribution in [0.3, 0.4) is 0 Å². The van der Waals surface area contributed by atoms with Crippen molar-refractivity contribution in [1.29, 1.82) is 5.26 Å². The molecule has 12 nitrogen and oxygen atoms in total.